The second kappa shape index (κ2) is 7.39. The first-order valence-electron chi connectivity index (χ1n) is 6.13. The fourth-order valence-corrected chi connectivity index (χ4v) is 4.19. The van der Waals surface area contributed by atoms with Gasteiger partial charge in [0.15, 0.2) is 6.23 Å². The average Bonchev–Trinajstić information content (AvgIpc) is 2.44. The van der Waals surface area contributed by atoms with Crippen LogP contribution in [0.4, 0.5) is 0 Å². The van der Waals surface area contributed by atoms with Crippen LogP contribution in [0.3, 0.4) is 0 Å². The molecule has 0 aliphatic rings. The molecule has 0 saturated carbocycles. The topological polar surface area (TPSA) is 78.9 Å². The third-order valence-corrected chi connectivity index (χ3v) is 5.37. The van der Waals surface area contributed by atoms with Crippen LogP contribution in [0.2, 0.25) is 0 Å². The minimum Gasteiger partial charge on any atom is -0.480 e. The van der Waals surface area contributed by atoms with E-state index in [0.717, 1.165) is 6.08 Å². The molecular weight excluding hydrogens is 292 g/mol. The molecule has 112 valence electrons. The largest absolute Gasteiger partial charge is 0.538 e. The quantitative estimate of drug-likeness (QED) is 0.438. The highest BCUT2D eigenvalue weighted by Crippen LogP contribution is 2.11. The summed E-state index contributed by atoms with van der Waals surface area (Å²) in [4.78, 5) is 34.0. The summed E-state index contributed by atoms with van der Waals surface area (Å²) in [6.45, 7) is 5.68. The number of rotatable bonds is 6. The number of benzene rings is 1. The summed E-state index contributed by atoms with van der Waals surface area (Å²) in [5.74, 6) is -1.94. The van der Waals surface area contributed by atoms with Crippen molar-refractivity contribution in [1.82, 2.24) is 0 Å². The Morgan fingerprint density at radius 2 is 1.62 bits per heavy atom. The van der Waals surface area contributed by atoms with Crippen molar-refractivity contribution in [2.24, 2.45) is 0 Å². The van der Waals surface area contributed by atoms with Gasteiger partial charge in [-0.2, -0.15) is 0 Å². The van der Waals surface area contributed by atoms with Gasteiger partial charge in [-0.05, 0) is 0 Å². The van der Waals surface area contributed by atoms with E-state index in [2.05, 4.69) is 6.58 Å². The minimum atomic E-state index is -3.57. The molecule has 0 N–H and O–H groups in total. The van der Waals surface area contributed by atoms with E-state index in [1.54, 1.807) is 30.3 Å². The molecule has 0 saturated heterocycles. The third-order valence-electron chi connectivity index (χ3n) is 2.40. The van der Waals surface area contributed by atoms with Crippen LogP contribution in [0, 0.1) is 0 Å². The average molecular weight is 308 g/mol. The maximum Gasteiger partial charge on any atom is 0.538 e. The summed E-state index contributed by atoms with van der Waals surface area (Å²) >= 11 is 0. The standard InChI is InChI=1S/C14H16O6Si/c1-4-14(17)18-10-21(19-11(2)15,20-12(3)16)13-8-6-5-7-9-13/h4-9H,1,10H2,2-3H3. The lowest BCUT2D eigenvalue weighted by molar-refractivity contribution is -0.143. The Balaban J connectivity index is 3.19. The Bertz CT molecular complexity index is 524. The van der Waals surface area contributed by atoms with Crippen LogP contribution >= 0.6 is 0 Å². The summed E-state index contributed by atoms with van der Waals surface area (Å²) < 4.78 is 15.5. The molecule has 0 fully saturated rings. The highest BCUT2D eigenvalue weighted by atomic mass is 28.4. The van der Waals surface area contributed by atoms with Gasteiger partial charge in [0.1, 0.15) is 0 Å². The van der Waals surface area contributed by atoms with Gasteiger partial charge in [-0.1, -0.05) is 36.9 Å². The number of carbonyl (C=O) groups excluding carboxylic acids is 3. The van der Waals surface area contributed by atoms with E-state index in [1.807, 2.05) is 0 Å². The highest BCUT2D eigenvalue weighted by Gasteiger charge is 2.48. The number of carbonyl (C=O) groups is 3. The highest BCUT2D eigenvalue weighted by molar-refractivity contribution is 6.83. The number of esters is 1. The number of ether oxygens (including phenoxy) is 1. The molecule has 0 bridgehead atoms. The second-order valence-electron chi connectivity index (χ2n) is 4.12. The zero-order chi connectivity index (χ0) is 15.9. The van der Waals surface area contributed by atoms with E-state index >= 15 is 0 Å². The van der Waals surface area contributed by atoms with Gasteiger partial charge in [0.2, 0.25) is 0 Å². The maximum atomic E-state index is 11.4. The van der Waals surface area contributed by atoms with Crippen LogP contribution < -0.4 is 5.19 Å². The summed E-state index contributed by atoms with van der Waals surface area (Å²) in [5, 5.41) is 0.507. The summed E-state index contributed by atoms with van der Waals surface area (Å²) in [6.07, 6.45) is 0.646. The molecule has 0 aromatic heterocycles. The molecule has 1 rings (SSSR count). The predicted molar refractivity (Wildman–Crippen MR) is 76.5 cm³/mol. The zero-order valence-electron chi connectivity index (χ0n) is 11.8. The first kappa shape index (κ1) is 16.6. The summed E-state index contributed by atoms with van der Waals surface area (Å²) in [6, 6.07) is 8.48. The van der Waals surface area contributed by atoms with Gasteiger partial charge in [0.25, 0.3) is 11.9 Å². The van der Waals surface area contributed by atoms with E-state index in [9.17, 15) is 14.4 Å². The SMILES string of the molecule is C=CC(=O)OC[Si](OC(C)=O)(OC(C)=O)c1ccccc1. The van der Waals surface area contributed by atoms with Crippen LogP contribution in [-0.2, 0) is 28.0 Å². The van der Waals surface area contributed by atoms with Crippen LogP contribution in [0.15, 0.2) is 43.0 Å². The zero-order valence-corrected chi connectivity index (χ0v) is 12.8. The van der Waals surface area contributed by atoms with Gasteiger partial charge in [-0.15, -0.1) is 0 Å². The van der Waals surface area contributed by atoms with Crippen LogP contribution in [-0.4, -0.2) is 32.7 Å². The van der Waals surface area contributed by atoms with Crippen molar-refractivity contribution in [3.63, 3.8) is 0 Å². The normalized spacial score (nSPS) is 10.4. The van der Waals surface area contributed by atoms with Crippen molar-refractivity contribution in [2.75, 3.05) is 6.23 Å². The van der Waals surface area contributed by atoms with Gasteiger partial charge in [0, 0.05) is 25.1 Å². The lowest BCUT2D eigenvalue weighted by Crippen LogP contribution is -2.60. The van der Waals surface area contributed by atoms with Crippen molar-refractivity contribution in [3.05, 3.63) is 43.0 Å². The molecule has 7 heteroatoms. The molecule has 0 unspecified atom stereocenters. The first-order chi connectivity index (χ1) is 9.89. The van der Waals surface area contributed by atoms with E-state index in [4.69, 9.17) is 13.6 Å². The van der Waals surface area contributed by atoms with Crippen molar-refractivity contribution in [3.8, 4) is 0 Å². The number of hydrogen-bond acceptors (Lipinski definition) is 6. The Morgan fingerprint density at radius 3 is 2.05 bits per heavy atom. The molecule has 0 heterocycles. The fraction of sp³-hybridized carbons (Fsp3) is 0.214. The van der Waals surface area contributed by atoms with Crippen molar-refractivity contribution < 1.29 is 28.0 Å². The van der Waals surface area contributed by atoms with Crippen molar-refractivity contribution >= 4 is 31.7 Å². The Labute approximate surface area is 123 Å². The van der Waals surface area contributed by atoms with Crippen molar-refractivity contribution in [2.45, 2.75) is 13.8 Å². The molecule has 21 heavy (non-hydrogen) atoms. The monoisotopic (exact) mass is 308 g/mol. The molecule has 0 radical (unpaired) electrons. The van der Waals surface area contributed by atoms with E-state index in [-0.39, 0.29) is 6.23 Å². The Kier molecular flexibility index (Phi) is 5.86. The molecule has 1 aromatic carbocycles. The second-order valence-corrected chi connectivity index (χ2v) is 6.90. The van der Waals surface area contributed by atoms with Crippen LogP contribution in [0.25, 0.3) is 0 Å². The van der Waals surface area contributed by atoms with Gasteiger partial charge in [-0.3, -0.25) is 9.59 Å². The van der Waals surface area contributed by atoms with Gasteiger partial charge in [-0.25, -0.2) is 4.79 Å². The van der Waals surface area contributed by atoms with Crippen molar-refractivity contribution in [1.29, 1.82) is 0 Å². The molecule has 0 amide bonds. The van der Waals surface area contributed by atoms with Crippen LogP contribution in [0.5, 0.6) is 0 Å². The molecule has 0 aliphatic heterocycles. The molecule has 1 aromatic rings. The lowest BCUT2D eigenvalue weighted by Gasteiger charge is -2.28. The third kappa shape index (κ3) is 4.88. The fourth-order valence-electron chi connectivity index (χ4n) is 1.66. The predicted octanol–water partition coefficient (Wildman–Crippen LogP) is 0.730. The van der Waals surface area contributed by atoms with Gasteiger partial charge >= 0.3 is 14.5 Å². The Morgan fingerprint density at radius 1 is 1.10 bits per heavy atom. The molecule has 0 aliphatic carbocycles. The lowest BCUT2D eigenvalue weighted by atomic mass is 10.4. The van der Waals surface area contributed by atoms with E-state index in [0.29, 0.717) is 5.19 Å². The van der Waals surface area contributed by atoms with Gasteiger partial charge in [0.05, 0.1) is 0 Å². The van der Waals surface area contributed by atoms with Crippen LogP contribution in [0.1, 0.15) is 13.8 Å². The Hall–Kier alpha value is -2.41. The number of hydrogen-bond donors (Lipinski definition) is 0. The molecular formula is C14H16O6Si. The smallest absolute Gasteiger partial charge is 0.480 e. The first-order valence-corrected chi connectivity index (χ1v) is 8.16. The van der Waals surface area contributed by atoms with E-state index < -0.39 is 26.5 Å². The summed E-state index contributed by atoms with van der Waals surface area (Å²) in [7, 11) is -3.57. The maximum absolute atomic E-state index is 11.4. The molecule has 0 spiro atoms. The molecule has 0 atom stereocenters. The minimum absolute atomic E-state index is 0.332. The molecule has 6 nitrogen and oxygen atoms in total. The van der Waals surface area contributed by atoms with E-state index in [1.165, 1.54) is 13.8 Å². The summed E-state index contributed by atoms with van der Waals surface area (Å²) in [5.41, 5.74) is 0. The van der Waals surface area contributed by atoms with Gasteiger partial charge < -0.3 is 13.6 Å².